The van der Waals surface area contributed by atoms with Crippen LogP contribution in [0.15, 0.2) is 46.9 Å². The summed E-state index contributed by atoms with van der Waals surface area (Å²) in [4.78, 5) is 0. The topological polar surface area (TPSA) is 35.8 Å². The van der Waals surface area contributed by atoms with Gasteiger partial charge in [-0.25, -0.2) is 0 Å². The summed E-state index contributed by atoms with van der Waals surface area (Å²) < 4.78 is 0.886. The van der Waals surface area contributed by atoms with Crippen molar-refractivity contribution in [3.63, 3.8) is 0 Å². The highest BCUT2D eigenvalue weighted by Gasteiger charge is 2.06. The van der Waals surface area contributed by atoms with Crippen molar-refractivity contribution in [2.45, 2.75) is 13.0 Å². The lowest BCUT2D eigenvalue weighted by molar-refractivity contribution is 0.884. The predicted octanol–water partition coefficient (Wildman–Crippen LogP) is 5.15. The summed E-state index contributed by atoms with van der Waals surface area (Å²) in [5.41, 5.74) is 2.68. The quantitative estimate of drug-likeness (QED) is 0.842. The summed E-state index contributed by atoms with van der Waals surface area (Å²) in [5.74, 6) is 0. The van der Waals surface area contributed by atoms with Crippen LogP contribution in [0.4, 0.5) is 5.69 Å². The first kappa shape index (κ1) is 13.9. The number of benzene rings is 2. The number of nitriles is 1. The number of hydrogen-bond donors (Lipinski definition) is 1. The molecule has 2 rings (SSSR count). The van der Waals surface area contributed by atoms with Gasteiger partial charge in [-0.3, -0.25) is 0 Å². The van der Waals surface area contributed by atoms with Crippen LogP contribution in [0.1, 0.15) is 24.1 Å². The van der Waals surface area contributed by atoms with Gasteiger partial charge in [0.15, 0.2) is 0 Å². The van der Waals surface area contributed by atoms with E-state index in [9.17, 15) is 0 Å². The number of anilines is 1. The highest BCUT2D eigenvalue weighted by Crippen LogP contribution is 2.24. The van der Waals surface area contributed by atoms with E-state index in [2.05, 4.69) is 34.2 Å². The van der Waals surface area contributed by atoms with Crippen molar-refractivity contribution in [1.82, 2.24) is 0 Å². The summed E-state index contributed by atoms with van der Waals surface area (Å²) in [6.07, 6.45) is 0. The van der Waals surface area contributed by atoms with Crippen LogP contribution in [0.25, 0.3) is 0 Å². The van der Waals surface area contributed by atoms with E-state index in [1.54, 1.807) is 6.07 Å². The fourth-order valence-electron chi connectivity index (χ4n) is 1.82. The normalized spacial score (nSPS) is 11.7. The second-order valence-corrected chi connectivity index (χ2v) is 5.61. The molecule has 0 bridgehead atoms. The number of nitrogens with one attached hydrogen (secondary N) is 1. The van der Waals surface area contributed by atoms with Crippen LogP contribution in [0.5, 0.6) is 0 Å². The van der Waals surface area contributed by atoms with E-state index in [4.69, 9.17) is 16.9 Å². The van der Waals surface area contributed by atoms with Crippen molar-refractivity contribution in [3.8, 4) is 6.07 Å². The van der Waals surface area contributed by atoms with Crippen LogP contribution in [0.3, 0.4) is 0 Å². The summed E-state index contributed by atoms with van der Waals surface area (Å²) in [5, 5.41) is 13.1. The molecule has 96 valence electrons. The largest absolute Gasteiger partial charge is 0.378 e. The molecule has 0 aliphatic carbocycles. The first-order valence-electron chi connectivity index (χ1n) is 5.81. The lowest BCUT2D eigenvalue weighted by Gasteiger charge is -2.16. The van der Waals surface area contributed by atoms with Crippen molar-refractivity contribution in [2.75, 3.05) is 5.32 Å². The minimum absolute atomic E-state index is 0.137. The van der Waals surface area contributed by atoms with Gasteiger partial charge in [0, 0.05) is 21.2 Å². The van der Waals surface area contributed by atoms with Crippen molar-refractivity contribution >= 4 is 33.2 Å². The summed E-state index contributed by atoms with van der Waals surface area (Å²) >= 11 is 9.28. The minimum atomic E-state index is 0.137. The molecule has 1 atom stereocenters. The molecular formula is C15H12BrClN2. The summed E-state index contributed by atoms with van der Waals surface area (Å²) in [6, 6.07) is 15.6. The Hall–Kier alpha value is -1.50. The Morgan fingerprint density at radius 1 is 1.21 bits per heavy atom. The van der Waals surface area contributed by atoms with E-state index in [1.165, 1.54) is 0 Å². The van der Waals surface area contributed by atoms with Gasteiger partial charge in [0.1, 0.15) is 0 Å². The molecule has 0 saturated heterocycles. The van der Waals surface area contributed by atoms with Gasteiger partial charge in [0.2, 0.25) is 0 Å². The molecule has 0 spiro atoms. The zero-order valence-electron chi connectivity index (χ0n) is 10.3. The highest BCUT2D eigenvalue weighted by molar-refractivity contribution is 9.10. The van der Waals surface area contributed by atoms with Gasteiger partial charge in [0.05, 0.1) is 11.6 Å². The first-order valence-corrected chi connectivity index (χ1v) is 6.98. The minimum Gasteiger partial charge on any atom is -0.378 e. The number of nitrogens with zero attached hydrogens (tertiary/aromatic N) is 1. The van der Waals surface area contributed by atoms with Crippen molar-refractivity contribution < 1.29 is 0 Å². The molecule has 1 N–H and O–H groups in total. The second-order valence-electron chi connectivity index (χ2n) is 4.26. The summed E-state index contributed by atoms with van der Waals surface area (Å²) in [7, 11) is 0. The molecule has 0 fully saturated rings. The van der Waals surface area contributed by atoms with Gasteiger partial charge in [-0.2, -0.15) is 5.26 Å². The molecular weight excluding hydrogens is 324 g/mol. The number of halogens is 2. The maximum Gasteiger partial charge on any atom is 0.0992 e. The van der Waals surface area contributed by atoms with Crippen LogP contribution in [-0.2, 0) is 0 Å². The smallest absolute Gasteiger partial charge is 0.0992 e. The van der Waals surface area contributed by atoms with Crippen molar-refractivity contribution in [3.05, 3.63) is 63.1 Å². The monoisotopic (exact) mass is 334 g/mol. The Balaban J connectivity index is 2.19. The van der Waals surface area contributed by atoms with E-state index >= 15 is 0 Å². The van der Waals surface area contributed by atoms with Gasteiger partial charge in [-0.15, -0.1) is 0 Å². The Bertz CT molecular complexity index is 617. The van der Waals surface area contributed by atoms with E-state index in [-0.39, 0.29) is 6.04 Å². The molecule has 0 saturated carbocycles. The molecule has 2 nitrogen and oxygen atoms in total. The van der Waals surface area contributed by atoms with Gasteiger partial charge >= 0.3 is 0 Å². The second kappa shape index (κ2) is 6.10. The van der Waals surface area contributed by atoms with Gasteiger partial charge in [0.25, 0.3) is 0 Å². The molecule has 0 aliphatic rings. The molecule has 4 heteroatoms. The molecule has 0 aromatic heterocycles. The molecule has 2 aromatic carbocycles. The standard InChI is InChI=1S/C15H12BrClN2/c1-10(12-2-4-14(17)5-3-12)19-15-7-11(9-18)6-13(16)8-15/h2-8,10,19H,1H3. The molecule has 1 unspecified atom stereocenters. The third-order valence-corrected chi connectivity index (χ3v) is 3.49. The third kappa shape index (κ3) is 3.73. The van der Waals surface area contributed by atoms with Crippen LogP contribution in [0.2, 0.25) is 5.02 Å². The van der Waals surface area contributed by atoms with Crippen LogP contribution < -0.4 is 5.32 Å². The highest BCUT2D eigenvalue weighted by atomic mass is 79.9. The van der Waals surface area contributed by atoms with E-state index in [0.29, 0.717) is 5.56 Å². The van der Waals surface area contributed by atoms with Gasteiger partial charge < -0.3 is 5.32 Å². The van der Waals surface area contributed by atoms with E-state index < -0.39 is 0 Å². The third-order valence-electron chi connectivity index (χ3n) is 2.78. The average Bonchev–Trinajstić information content (AvgIpc) is 2.38. The molecule has 0 radical (unpaired) electrons. The zero-order valence-corrected chi connectivity index (χ0v) is 12.7. The van der Waals surface area contributed by atoms with Crippen LogP contribution in [-0.4, -0.2) is 0 Å². The molecule has 0 amide bonds. The zero-order chi connectivity index (χ0) is 13.8. The van der Waals surface area contributed by atoms with Crippen molar-refractivity contribution in [2.24, 2.45) is 0 Å². The van der Waals surface area contributed by atoms with E-state index in [1.807, 2.05) is 36.4 Å². The SMILES string of the molecule is CC(Nc1cc(Br)cc(C#N)c1)c1ccc(Cl)cc1. The van der Waals surface area contributed by atoms with E-state index in [0.717, 1.165) is 20.7 Å². The Morgan fingerprint density at radius 2 is 1.89 bits per heavy atom. The first-order chi connectivity index (χ1) is 9.08. The Labute approximate surface area is 126 Å². The van der Waals surface area contributed by atoms with Gasteiger partial charge in [-0.1, -0.05) is 39.7 Å². The maximum absolute atomic E-state index is 8.95. The lowest BCUT2D eigenvalue weighted by atomic mass is 10.1. The summed E-state index contributed by atoms with van der Waals surface area (Å²) in [6.45, 7) is 2.07. The Kier molecular flexibility index (Phi) is 4.47. The van der Waals surface area contributed by atoms with Gasteiger partial charge in [-0.05, 0) is 42.8 Å². The number of hydrogen-bond acceptors (Lipinski definition) is 2. The predicted molar refractivity (Wildman–Crippen MR) is 82.3 cm³/mol. The van der Waals surface area contributed by atoms with Crippen LogP contribution >= 0.6 is 27.5 Å². The molecule has 0 heterocycles. The fraction of sp³-hybridized carbons (Fsp3) is 0.133. The van der Waals surface area contributed by atoms with Crippen molar-refractivity contribution in [1.29, 1.82) is 5.26 Å². The fourth-order valence-corrected chi connectivity index (χ4v) is 2.44. The Morgan fingerprint density at radius 3 is 2.53 bits per heavy atom. The number of rotatable bonds is 3. The lowest BCUT2D eigenvalue weighted by Crippen LogP contribution is -2.06. The average molecular weight is 336 g/mol. The maximum atomic E-state index is 8.95. The van der Waals surface area contributed by atoms with Crippen LogP contribution in [0, 0.1) is 11.3 Å². The molecule has 2 aromatic rings. The molecule has 0 aliphatic heterocycles. The molecule has 19 heavy (non-hydrogen) atoms.